The van der Waals surface area contributed by atoms with Crippen molar-refractivity contribution in [3.63, 3.8) is 0 Å². The number of methoxy groups -OCH3 is 1. The van der Waals surface area contributed by atoms with E-state index in [-0.39, 0.29) is 17.8 Å². The molecular weight excluding hydrogens is 376 g/mol. The maximum absolute atomic E-state index is 14.0. The summed E-state index contributed by atoms with van der Waals surface area (Å²) < 4.78 is 34.1. The second kappa shape index (κ2) is 8.33. The Morgan fingerprint density at radius 2 is 2.21 bits per heavy atom. The maximum atomic E-state index is 14.0. The number of hydrogen-bond donors (Lipinski definition) is 1. The summed E-state index contributed by atoms with van der Waals surface area (Å²) in [7, 11) is 1.51. The lowest BCUT2D eigenvalue weighted by molar-refractivity contribution is 0.0117. The van der Waals surface area contributed by atoms with Gasteiger partial charge in [0.15, 0.2) is 5.69 Å². The molecule has 0 bridgehead atoms. The quantitative estimate of drug-likeness (QED) is 0.656. The normalized spacial score (nSPS) is 18.2. The molecule has 150 valence electrons. The van der Waals surface area contributed by atoms with Crippen molar-refractivity contribution in [1.82, 2.24) is 35.4 Å². The number of aromatic nitrogens is 5. The van der Waals surface area contributed by atoms with Crippen LogP contribution in [0.1, 0.15) is 27.3 Å². The lowest BCUT2D eigenvalue weighted by Crippen LogP contribution is -2.39. The molecule has 0 radical (unpaired) electrons. The average Bonchev–Trinajstić information content (AvgIpc) is 3.26. The Bertz CT molecular complexity index is 831. The molecule has 1 aliphatic heterocycles. The van der Waals surface area contributed by atoms with E-state index in [9.17, 15) is 18.4 Å². The van der Waals surface area contributed by atoms with Crippen LogP contribution in [0.25, 0.3) is 0 Å². The van der Waals surface area contributed by atoms with Crippen molar-refractivity contribution in [3.8, 4) is 0 Å². The molecule has 2 amide bonds. The number of alkyl halides is 2. The second-order valence-corrected chi connectivity index (χ2v) is 6.35. The molecule has 1 fully saturated rings. The molecule has 3 rings (SSSR count). The number of amides is 2. The van der Waals surface area contributed by atoms with Crippen molar-refractivity contribution < 1.29 is 23.1 Å². The van der Waals surface area contributed by atoms with E-state index in [1.54, 1.807) is 0 Å². The number of likely N-dealkylation sites (tertiary alicyclic amines) is 1. The first-order chi connectivity index (χ1) is 13.4. The van der Waals surface area contributed by atoms with Crippen LogP contribution in [-0.2, 0) is 11.3 Å². The standard InChI is InChI=1S/C16H19F2N7O3/c1-28-5-4-19-14(26)13-9-24(23-22-13)8-12-6-16(17,18)10-25(12)15(27)11-2-3-20-21-7-11/h2-3,7,9,12H,4-6,8,10H2,1H3,(H,19,26)/t12-/m0/s1. The Balaban J connectivity index is 1.69. The fourth-order valence-electron chi connectivity index (χ4n) is 2.95. The molecule has 28 heavy (non-hydrogen) atoms. The number of carbonyl (C=O) groups excluding carboxylic acids is 2. The Morgan fingerprint density at radius 1 is 1.39 bits per heavy atom. The number of nitrogens with zero attached hydrogens (tertiary/aromatic N) is 6. The molecule has 0 unspecified atom stereocenters. The minimum atomic E-state index is -3.01. The van der Waals surface area contributed by atoms with Gasteiger partial charge in [-0.25, -0.2) is 13.5 Å². The summed E-state index contributed by atoms with van der Waals surface area (Å²) in [6.45, 7) is -0.0622. The third-order valence-corrected chi connectivity index (χ3v) is 4.23. The smallest absolute Gasteiger partial charge is 0.273 e. The highest BCUT2D eigenvalue weighted by molar-refractivity contribution is 5.94. The zero-order valence-corrected chi connectivity index (χ0v) is 15.1. The fourth-order valence-corrected chi connectivity index (χ4v) is 2.95. The zero-order chi connectivity index (χ0) is 20.1. The topological polar surface area (TPSA) is 115 Å². The van der Waals surface area contributed by atoms with Crippen LogP contribution in [-0.4, -0.2) is 80.7 Å². The predicted molar refractivity (Wildman–Crippen MR) is 90.7 cm³/mol. The van der Waals surface area contributed by atoms with Gasteiger partial charge in [-0.15, -0.1) is 5.10 Å². The molecule has 2 aromatic heterocycles. The van der Waals surface area contributed by atoms with Gasteiger partial charge in [-0.2, -0.15) is 10.2 Å². The van der Waals surface area contributed by atoms with Crippen LogP contribution in [0, 0.1) is 0 Å². The van der Waals surface area contributed by atoms with Gasteiger partial charge in [0, 0.05) is 20.1 Å². The molecule has 1 atom stereocenters. The number of halogens is 2. The van der Waals surface area contributed by atoms with Crippen molar-refractivity contribution in [3.05, 3.63) is 35.9 Å². The molecule has 12 heteroatoms. The van der Waals surface area contributed by atoms with E-state index < -0.39 is 36.7 Å². The van der Waals surface area contributed by atoms with Crippen LogP contribution in [0.5, 0.6) is 0 Å². The molecule has 1 saturated heterocycles. The first kappa shape index (κ1) is 19.7. The average molecular weight is 395 g/mol. The molecule has 3 heterocycles. The molecule has 1 N–H and O–H groups in total. The number of carbonyl (C=O) groups is 2. The van der Waals surface area contributed by atoms with Crippen molar-refractivity contribution in [2.24, 2.45) is 0 Å². The highest BCUT2D eigenvalue weighted by Gasteiger charge is 2.47. The summed E-state index contributed by atoms with van der Waals surface area (Å²) in [5, 5.41) is 17.3. The first-order valence-corrected chi connectivity index (χ1v) is 8.52. The third-order valence-electron chi connectivity index (χ3n) is 4.23. The summed E-state index contributed by atoms with van der Waals surface area (Å²) in [4.78, 5) is 25.6. The monoisotopic (exact) mass is 395 g/mol. The van der Waals surface area contributed by atoms with E-state index in [1.165, 1.54) is 36.4 Å². The van der Waals surface area contributed by atoms with Gasteiger partial charge >= 0.3 is 0 Å². The Hall–Kier alpha value is -3.02. The summed E-state index contributed by atoms with van der Waals surface area (Å²) in [5.74, 6) is -4.02. The summed E-state index contributed by atoms with van der Waals surface area (Å²) >= 11 is 0. The van der Waals surface area contributed by atoms with Gasteiger partial charge in [0.1, 0.15) is 0 Å². The highest BCUT2D eigenvalue weighted by atomic mass is 19.3. The maximum Gasteiger partial charge on any atom is 0.273 e. The van der Waals surface area contributed by atoms with Gasteiger partial charge in [-0.3, -0.25) is 9.59 Å². The van der Waals surface area contributed by atoms with Crippen molar-refractivity contribution in [2.45, 2.75) is 24.9 Å². The van der Waals surface area contributed by atoms with E-state index >= 15 is 0 Å². The molecule has 0 aliphatic carbocycles. The first-order valence-electron chi connectivity index (χ1n) is 8.52. The molecule has 0 saturated carbocycles. The Kier molecular flexibility index (Phi) is 5.87. The minimum Gasteiger partial charge on any atom is -0.383 e. The number of ether oxygens (including phenoxy) is 1. The van der Waals surface area contributed by atoms with E-state index in [4.69, 9.17) is 4.74 Å². The van der Waals surface area contributed by atoms with Gasteiger partial charge < -0.3 is 15.0 Å². The number of nitrogens with one attached hydrogen (secondary N) is 1. The van der Waals surface area contributed by atoms with Gasteiger partial charge in [-0.1, -0.05) is 5.21 Å². The largest absolute Gasteiger partial charge is 0.383 e. The van der Waals surface area contributed by atoms with Crippen LogP contribution in [0.3, 0.4) is 0 Å². The highest BCUT2D eigenvalue weighted by Crippen LogP contribution is 2.33. The molecule has 0 aromatic carbocycles. The van der Waals surface area contributed by atoms with E-state index in [2.05, 4.69) is 25.8 Å². The summed E-state index contributed by atoms with van der Waals surface area (Å²) in [6.07, 6.45) is 3.40. The number of hydrogen-bond acceptors (Lipinski definition) is 7. The summed E-state index contributed by atoms with van der Waals surface area (Å²) in [5.41, 5.74) is 0.228. The Morgan fingerprint density at radius 3 is 2.93 bits per heavy atom. The second-order valence-electron chi connectivity index (χ2n) is 6.35. The summed E-state index contributed by atoms with van der Waals surface area (Å²) in [6, 6.07) is 0.614. The molecule has 0 spiro atoms. The zero-order valence-electron chi connectivity index (χ0n) is 15.1. The molecular formula is C16H19F2N7O3. The molecule has 2 aromatic rings. The van der Waals surface area contributed by atoms with Crippen molar-refractivity contribution >= 4 is 11.8 Å². The van der Waals surface area contributed by atoms with E-state index in [0.29, 0.717) is 13.2 Å². The predicted octanol–water partition coefficient (Wildman–Crippen LogP) is -0.00570. The van der Waals surface area contributed by atoms with E-state index in [1.807, 2.05) is 0 Å². The lowest BCUT2D eigenvalue weighted by Gasteiger charge is -2.23. The third kappa shape index (κ3) is 4.63. The number of rotatable bonds is 7. The van der Waals surface area contributed by atoms with Crippen LogP contribution in [0.4, 0.5) is 8.78 Å². The van der Waals surface area contributed by atoms with Gasteiger partial charge in [0.25, 0.3) is 17.7 Å². The van der Waals surface area contributed by atoms with Gasteiger partial charge in [0.2, 0.25) is 0 Å². The SMILES string of the molecule is COCCNC(=O)c1cn(C[C@@H]2CC(F)(F)CN2C(=O)c2ccnnc2)nn1. The molecule has 1 aliphatic rings. The van der Waals surface area contributed by atoms with Crippen LogP contribution >= 0.6 is 0 Å². The minimum absolute atomic E-state index is 0.0157. The van der Waals surface area contributed by atoms with Crippen molar-refractivity contribution in [1.29, 1.82) is 0 Å². The fraction of sp³-hybridized carbons (Fsp3) is 0.500. The lowest BCUT2D eigenvalue weighted by atomic mass is 10.2. The molecule has 10 nitrogen and oxygen atoms in total. The van der Waals surface area contributed by atoms with Gasteiger partial charge in [-0.05, 0) is 6.07 Å². The van der Waals surface area contributed by atoms with E-state index in [0.717, 1.165) is 4.90 Å². The van der Waals surface area contributed by atoms with Crippen LogP contribution < -0.4 is 5.32 Å². The van der Waals surface area contributed by atoms with Crippen LogP contribution in [0.15, 0.2) is 24.7 Å². The Labute approximate surface area is 158 Å². The van der Waals surface area contributed by atoms with Crippen molar-refractivity contribution in [2.75, 3.05) is 26.8 Å². The van der Waals surface area contributed by atoms with Gasteiger partial charge in [0.05, 0.1) is 49.9 Å². The van der Waals surface area contributed by atoms with Crippen LogP contribution in [0.2, 0.25) is 0 Å².